The number of benzene rings is 1. The van der Waals surface area contributed by atoms with Crippen molar-refractivity contribution in [3.05, 3.63) is 42.0 Å². The van der Waals surface area contributed by atoms with E-state index in [9.17, 15) is 0 Å². The molecule has 2 aliphatic rings. The molecule has 1 heteroatoms. The number of hydrogen-bond donors (Lipinski definition) is 0. The summed E-state index contributed by atoms with van der Waals surface area (Å²) < 4.78 is 5.71. The Kier molecular flexibility index (Phi) is 10.6. The third-order valence-corrected chi connectivity index (χ3v) is 7.71. The Hall–Kier alpha value is -1.68. The van der Waals surface area contributed by atoms with E-state index in [0.717, 1.165) is 54.4 Å². The van der Waals surface area contributed by atoms with Gasteiger partial charge in [0, 0.05) is 5.56 Å². The highest BCUT2D eigenvalue weighted by Gasteiger charge is 2.23. The van der Waals surface area contributed by atoms with Crippen LogP contribution in [0.1, 0.15) is 103 Å². The maximum absolute atomic E-state index is 5.71. The molecule has 0 heterocycles. The molecule has 3 rings (SSSR count). The molecule has 0 radical (unpaired) electrons. The third kappa shape index (κ3) is 8.76. The zero-order valence-electron chi connectivity index (χ0n) is 20.1. The van der Waals surface area contributed by atoms with E-state index in [-0.39, 0.29) is 0 Å². The minimum absolute atomic E-state index is 0.736. The van der Waals surface area contributed by atoms with Crippen molar-refractivity contribution in [1.82, 2.24) is 0 Å². The topological polar surface area (TPSA) is 9.23 Å². The third-order valence-electron chi connectivity index (χ3n) is 7.71. The second-order valence-electron chi connectivity index (χ2n) is 10.0. The highest BCUT2D eigenvalue weighted by atomic mass is 16.5. The predicted molar refractivity (Wildman–Crippen MR) is 133 cm³/mol. The van der Waals surface area contributed by atoms with Crippen molar-refractivity contribution < 1.29 is 4.74 Å². The maximum Gasteiger partial charge on any atom is 0.119 e. The van der Waals surface area contributed by atoms with Gasteiger partial charge < -0.3 is 4.74 Å². The molecule has 0 amide bonds. The first kappa shape index (κ1) is 24.0. The fraction of sp³-hybridized carbons (Fsp3) is 0.667. The summed E-state index contributed by atoms with van der Waals surface area (Å²) in [7, 11) is 0. The minimum atomic E-state index is 0.736. The van der Waals surface area contributed by atoms with Gasteiger partial charge in [0.15, 0.2) is 0 Å². The van der Waals surface area contributed by atoms with Gasteiger partial charge in [-0.1, -0.05) is 83.1 Å². The molecule has 0 atom stereocenters. The number of ether oxygens (including phenoxy) is 1. The van der Waals surface area contributed by atoms with Crippen molar-refractivity contribution in [2.24, 2.45) is 23.7 Å². The number of hydrogen-bond acceptors (Lipinski definition) is 1. The van der Waals surface area contributed by atoms with Gasteiger partial charge in [-0.25, -0.2) is 0 Å². The summed E-state index contributed by atoms with van der Waals surface area (Å²) in [4.78, 5) is 0. The van der Waals surface area contributed by atoms with Gasteiger partial charge >= 0.3 is 0 Å². The van der Waals surface area contributed by atoms with Crippen molar-refractivity contribution in [1.29, 1.82) is 0 Å². The molecule has 0 N–H and O–H groups in total. The van der Waals surface area contributed by atoms with E-state index in [0.29, 0.717) is 0 Å². The van der Waals surface area contributed by atoms with E-state index in [4.69, 9.17) is 4.74 Å². The molecule has 1 aromatic rings. The number of unbranched alkanes of at least 4 members (excludes halogenated alkanes) is 1. The van der Waals surface area contributed by atoms with Gasteiger partial charge in [-0.05, 0) is 86.1 Å². The molecule has 0 bridgehead atoms. The van der Waals surface area contributed by atoms with Crippen LogP contribution in [0.4, 0.5) is 0 Å². The Balaban J connectivity index is 1.31. The first-order valence-corrected chi connectivity index (χ1v) is 13.2. The van der Waals surface area contributed by atoms with E-state index >= 15 is 0 Å². The molecule has 0 saturated heterocycles. The van der Waals surface area contributed by atoms with Crippen LogP contribution in [-0.2, 0) is 0 Å². The Morgan fingerprint density at radius 2 is 1.45 bits per heavy atom. The van der Waals surface area contributed by atoms with Gasteiger partial charge in [-0.3, -0.25) is 0 Å². The van der Waals surface area contributed by atoms with E-state index in [1.165, 1.54) is 70.6 Å². The van der Waals surface area contributed by atoms with Crippen LogP contribution in [0.3, 0.4) is 0 Å². The molecule has 0 unspecified atom stereocenters. The SMILES string of the molecule is CCCCOc1ccc(C#CC=C[C@H]2CC[C@H](CC[C@H]3CC[C@H](CC)CC3)CC2)cc1. The fourth-order valence-electron chi connectivity index (χ4n) is 5.35. The second-order valence-corrected chi connectivity index (χ2v) is 10.0. The Labute approximate surface area is 192 Å². The van der Waals surface area contributed by atoms with Crippen LogP contribution in [0, 0.1) is 35.5 Å². The summed E-state index contributed by atoms with van der Waals surface area (Å²) >= 11 is 0. The molecule has 1 nitrogen and oxygen atoms in total. The van der Waals surface area contributed by atoms with Crippen molar-refractivity contribution >= 4 is 0 Å². The zero-order valence-corrected chi connectivity index (χ0v) is 20.1. The standard InChI is InChI=1S/C30H44O/c1-3-5-24-31-30-22-20-27(21-23-30)9-7-6-8-26-14-16-29(17-15-26)19-18-28-12-10-25(4-2)11-13-28/h6,8,20-23,25-26,28-29H,3-5,10-19,24H2,1-2H3/t25-,26-,28-,29-. The van der Waals surface area contributed by atoms with Crippen LogP contribution in [0.2, 0.25) is 0 Å². The average molecular weight is 421 g/mol. The summed E-state index contributed by atoms with van der Waals surface area (Å²) in [6.45, 7) is 5.35. The van der Waals surface area contributed by atoms with Crippen molar-refractivity contribution in [2.45, 2.75) is 97.3 Å². The van der Waals surface area contributed by atoms with Crippen molar-refractivity contribution in [2.75, 3.05) is 6.61 Å². The smallest absolute Gasteiger partial charge is 0.119 e. The average Bonchev–Trinajstić information content (AvgIpc) is 2.82. The molecule has 2 saturated carbocycles. The molecule has 2 fully saturated rings. The minimum Gasteiger partial charge on any atom is -0.494 e. The van der Waals surface area contributed by atoms with Crippen LogP contribution >= 0.6 is 0 Å². The van der Waals surface area contributed by atoms with E-state index in [1.807, 2.05) is 12.1 Å². The fourth-order valence-corrected chi connectivity index (χ4v) is 5.35. The lowest BCUT2D eigenvalue weighted by atomic mass is 9.75. The Morgan fingerprint density at radius 3 is 2.06 bits per heavy atom. The van der Waals surface area contributed by atoms with Crippen LogP contribution in [0.25, 0.3) is 0 Å². The molecule has 0 aliphatic heterocycles. The van der Waals surface area contributed by atoms with Crippen LogP contribution in [0.15, 0.2) is 36.4 Å². The zero-order chi connectivity index (χ0) is 21.7. The van der Waals surface area contributed by atoms with E-state index in [2.05, 4.69) is 50.0 Å². The van der Waals surface area contributed by atoms with E-state index < -0.39 is 0 Å². The van der Waals surface area contributed by atoms with Gasteiger partial charge in [0.25, 0.3) is 0 Å². The number of allylic oxidation sites excluding steroid dienone is 2. The predicted octanol–water partition coefficient (Wildman–Crippen LogP) is 8.58. The molecule has 2 aliphatic carbocycles. The lowest BCUT2D eigenvalue weighted by Gasteiger charge is -2.31. The Bertz CT molecular complexity index is 688. The normalized spacial score (nSPS) is 26.4. The van der Waals surface area contributed by atoms with Gasteiger partial charge in [0.1, 0.15) is 5.75 Å². The van der Waals surface area contributed by atoms with Crippen molar-refractivity contribution in [3.8, 4) is 17.6 Å². The molecule has 0 spiro atoms. The summed E-state index contributed by atoms with van der Waals surface area (Å²) in [5.41, 5.74) is 1.06. The summed E-state index contributed by atoms with van der Waals surface area (Å²) in [5.74, 6) is 11.2. The van der Waals surface area contributed by atoms with Gasteiger partial charge in [0.05, 0.1) is 6.61 Å². The number of rotatable bonds is 9. The summed E-state index contributed by atoms with van der Waals surface area (Å²) in [6, 6.07) is 8.17. The molecular weight excluding hydrogens is 376 g/mol. The monoisotopic (exact) mass is 420 g/mol. The first-order valence-electron chi connectivity index (χ1n) is 13.2. The summed E-state index contributed by atoms with van der Waals surface area (Å²) in [6.07, 6.45) is 22.6. The first-order chi connectivity index (χ1) is 15.3. The Morgan fingerprint density at radius 1 is 0.839 bits per heavy atom. The lowest BCUT2D eigenvalue weighted by Crippen LogP contribution is -2.17. The molecular formula is C30H44O. The quantitative estimate of drug-likeness (QED) is 0.287. The molecule has 1 aromatic carbocycles. The highest BCUT2D eigenvalue weighted by Crippen LogP contribution is 2.37. The second kappa shape index (κ2) is 13.7. The van der Waals surface area contributed by atoms with Crippen LogP contribution in [-0.4, -0.2) is 6.61 Å². The molecule has 170 valence electrons. The largest absolute Gasteiger partial charge is 0.494 e. The highest BCUT2D eigenvalue weighted by molar-refractivity contribution is 5.40. The van der Waals surface area contributed by atoms with Crippen molar-refractivity contribution in [3.63, 3.8) is 0 Å². The molecule has 31 heavy (non-hydrogen) atoms. The van der Waals surface area contributed by atoms with Gasteiger partial charge in [-0.15, -0.1) is 0 Å². The van der Waals surface area contributed by atoms with Crippen LogP contribution in [0.5, 0.6) is 5.75 Å². The molecule has 0 aromatic heterocycles. The maximum atomic E-state index is 5.71. The summed E-state index contributed by atoms with van der Waals surface area (Å²) in [5, 5.41) is 0. The van der Waals surface area contributed by atoms with Crippen LogP contribution < -0.4 is 4.74 Å². The van der Waals surface area contributed by atoms with Gasteiger partial charge in [0.2, 0.25) is 0 Å². The van der Waals surface area contributed by atoms with Gasteiger partial charge in [-0.2, -0.15) is 0 Å². The lowest BCUT2D eigenvalue weighted by molar-refractivity contribution is 0.224. The van der Waals surface area contributed by atoms with E-state index in [1.54, 1.807) is 0 Å².